The lowest BCUT2D eigenvalue weighted by molar-refractivity contribution is 0.554. The van der Waals surface area contributed by atoms with Gasteiger partial charge in [0.15, 0.2) is 0 Å². The van der Waals surface area contributed by atoms with Gasteiger partial charge in [0.25, 0.3) is 0 Å². The van der Waals surface area contributed by atoms with Crippen molar-refractivity contribution in [3.63, 3.8) is 0 Å². The van der Waals surface area contributed by atoms with Crippen LogP contribution >= 0.6 is 0 Å². The highest BCUT2D eigenvalue weighted by molar-refractivity contribution is 7.89. The minimum absolute atomic E-state index is 0.173. The number of hydrogen-bond acceptors (Lipinski definition) is 4. The van der Waals surface area contributed by atoms with Crippen LogP contribution in [0, 0.1) is 6.92 Å². The number of nitrogens with zero attached hydrogens (tertiary/aromatic N) is 3. The maximum atomic E-state index is 12.7. The molecule has 0 amide bonds. The molecule has 1 aliphatic rings. The van der Waals surface area contributed by atoms with Gasteiger partial charge >= 0.3 is 0 Å². The summed E-state index contributed by atoms with van der Waals surface area (Å²) < 4.78 is 28.3. The first-order valence-electron chi connectivity index (χ1n) is 8.11. The number of benzene rings is 2. The zero-order valence-electron chi connectivity index (χ0n) is 13.8. The van der Waals surface area contributed by atoms with E-state index in [0.717, 1.165) is 18.4 Å². The maximum absolute atomic E-state index is 12.7. The number of hydrogen-bond donors (Lipinski definition) is 1. The first-order chi connectivity index (χ1) is 12.0. The molecule has 4 rings (SSSR count). The fourth-order valence-corrected chi connectivity index (χ4v) is 4.48. The first kappa shape index (κ1) is 16.0. The smallest absolute Gasteiger partial charge is 0.207 e. The highest BCUT2D eigenvalue weighted by Gasteiger charge is 2.27. The van der Waals surface area contributed by atoms with Gasteiger partial charge in [-0.25, -0.2) is 13.1 Å². The monoisotopic (exact) mass is 354 g/mol. The topological polar surface area (TPSA) is 76.9 Å². The summed E-state index contributed by atoms with van der Waals surface area (Å²) in [5.74, 6) is 0. The van der Waals surface area contributed by atoms with Crippen molar-refractivity contribution in [3.05, 3.63) is 71.5 Å². The van der Waals surface area contributed by atoms with Crippen molar-refractivity contribution in [3.8, 4) is 5.69 Å². The third kappa shape index (κ3) is 3.08. The standard InChI is InChI=1S/C18H18N4O2S/c1-13-2-8-17-14(12-13)3-9-18(17)21-25(23,24)16-6-4-15(5-7-16)22-19-10-11-20-22/h2,4-8,10-12,18,21H,3,9H2,1H3. The zero-order chi connectivity index (χ0) is 17.4. The molecule has 7 heteroatoms. The lowest BCUT2D eigenvalue weighted by atomic mass is 10.1. The Labute approximate surface area is 146 Å². The molecule has 0 saturated carbocycles. The number of aromatic nitrogens is 3. The molecule has 0 fully saturated rings. The quantitative estimate of drug-likeness (QED) is 0.781. The van der Waals surface area contributed by atoms with Gasteiger partial charge in [0, 0.05) is 6.04 Å². The number of sulfonamides is 1. The second-order valence-corrected chi connectivity index (χ2v) is 7.94. The van der Waals surface area contributed by atoms with Crippen molar-refractivity contribution in [2.24, 2.45) is 0 Å². The van der Waals surface area contributed by atoms with E-state index in [-0.39, 0.29) is 10.9 Å². The van der Waals surface area contributed by atoms with Crippen molar-refractivity contribution in [2.45, 2.75) is 30.7 Å². The van der Waals surface area contributed by atoms with Crippen LogP contribution in [0.1, 0.15) is 29.2 Å². The van der Waals surface area contributed by atoms with E-state index in [1.54, 1.807) is 36.7 Å². The molecule has 0 spiro atoms. The summed E-state index contributed by atoms with van der Waals surface area (Å²) in [4.78, 5) is 1.68. The molecule has 0 radical (unpaired) electrons. The third-order valence-electron chi connectivity index (χ3n) is 4.47. The van der Waals surface area contributed by atoms with Crippen LogP contribution in [0.25, 0.3) is 5.69 Å². The van der Waals surface area contributed by atoms with Gasteiger partial charge in [0.2, 0.25) is 10.0 Å². The van der Waals surface area contributed by atoms with Gasteiger partial charge in [-0.05, 0) is 55.2 Å². The Morgan fingerprint density at radius 1 is 1.08 bits per heavy atom. The van der Waals surface area contributed by atoms with Crippen molar-refractivity contribution in [2.75, 3.05) is 0 Å². The Balaban J connectivity index is 1.57. The lowest BCUT2D eigenvalue weighted by Gasteiger charge is -2.15. The summed E-state index contributed by atoms with van der Waals surface area (Å²) in [6.45, 7) is 2.05. The van der Waals surface area contributed by atoms with Crippen molar-refractivity contribution in [1.29, 1.82) is 0 Å². The Bertz CT molecular complexity index is 996. The number of aryl methyl sites for hydroxylation is 2. The zero-order valence-corrected chi connectivity index (χ0v) is 14.6. The van der Waals surface area contributed by atoms with Gasteiger partial charge in [-0.3, -0.25) is 0 Å². The van der Waals surface area contributed by atoms with Gasteiger partial charge in [-0.15, -0.1) is 0 Å². The molecule has 1 unspecified atom stereocenters. The average Bonchev–Trinajstić information content (AvgIpc) is 3.25. The molecule has 1 heterocycles. The molecule has 1 aliphatic carbocycles. The van der Waals surface area contributed by atoms with E-state index < -0.39 is 10.0 Å². The molecule has 0 aliphatic heterocycles. The summed E-state index contributed by atoms with van der Waals surface area (Å²) in [6, 6.07) is 12.6. The average molecular weight is 354 g/mol. The predicted molar refractivity (Wildman–Crippen MR) is 93.9 cm³/mol. The molecule has 0 bridgehead atoms. The van der Waals surface area contributed by atoms with Crippen molar-refractivity contribution < 1.29 is 8.42 Å². The van der Waals surface area contributed by atoms with Crippen LogP contribution in [-0.4, -0.2) is 23.4 Å². The summed E-state index contributed by atoms with van der Waals surface area (Å²) in [7, 11) is -3.58. The van der Waals surface area contributed by atoms with Crippen molar-refractivity contribution >= 4 is 10.0 Å². The molecule has 1 aromatic heterocycles. The van der Waals surface area contributed by atoms with Crippen LogP contribution in [0.3, 0.4) is 0 Å². The van der Waals surface area contributed by atoms with Gasteiger partial charge in [-0.1, -0.05) is 23.8 Å². The molecule has 2 aromatic carbocycles. The van der Waals surface area contributed by atoms with Gasteiger partial charge < -0.3 is 0 Å². The summed E-state index contributed by atoms with van der Waals surface area (Å²) in [5, 5.41) is 8.07. The summed E-state index contributed by atoms with van der Waals surface area (Å²) in [5.41, 5.74) is 4.22. The van der Waals surface area contributed by atoms with Crippen LogP contribution in [0.5, 0.6) is 0 Å². The van der Waals surface area contributed by atoms with E-state index in [1.807, 2.05) is 19.1 Å². The minimum Gasteiger partial charge on any atom is -0.207 e. The van der Waals surface area contributed by atoms with Crippen LogP contribution in [0.4, 0.5) is 0 Å². The highest BCUT2D eigenvalue weighted by atomic mass is 32.2. The van der Waals surface area contributed by atoms with E-state index in [9.17, 15) is 8.42 Å². The Kier molecular flexibility index (Phi) is 3.89. The van der Waals surface area contributed by atoms with Gasteiger partial charge in [-0.2, -0.15) is 15.0 Å². The maximum Gasteiger partial charge on any atom is 0.241 e. The van der Waals surface area contributed by atoms with E-state index in [1.165, 1.54) is 15.9 Å². The predicted octanol–water partition coefficient (Wildman–Crippen LogP) is 2.54. The van der Waals surface area contributed by atoms with E-state index in [4.69, 9.17) is 0 Å². The lowest BCUT2D eigenvalue weighted by Crippen LogP contribution is -2.27. The van der Waals surface area contributed by atoms with Crippen LogP contribution in [0.15, 0.2) is 59.8 Å². The number of fused-ring (bicyclic) bond motifs is 1. The fourth-order valence-electron chi connectivity index (χ4n) is 3.23. The minimum atomic E-state index is -3.58. The van der Waals surface area contributed by atoms with Gasteiger partial charge in [0.05, 0.1) is 23.0 Å². The SMILES string of the molecule is Cc1ccc2c(c1)CCC2NS(=O)(=O)c1ccc(-n2nccn2)cc1. The number of rotatable bonds is 4. The Morgan fingerprint density at radius 3 is 2.52 bits per heavy atom. The molecule has 0 saturated heterocycles. The van der Waals surface area contributed by atoms with E-state index in [0.29, 0.717) is 5.69 Å². The largest absolute Gasteiger partial charge is 0.241 e. The first-order valence-corrected chi connectivity index (χ1v) is 9.60. The second-order valence-electron chi connectivity index (χ2n) is 6.23. The normalized spacial score (nSPS) is 16.8. The third-order valence-corrected chi connectivity index (χ3v) is 5.96. The Morgan fingerprint density at radius 2 is 1.80 bits per heavy atom. The van der Waals surface area contributed by atoms with E-state index >= 15 is 0 Å². The van der Waals surface area contributed by atoms with Crippen LogP contribution in [0.2, 0.25) is 0 Å². The summed E-state index contributed by atoms with van der Waals surface area (Å²) in [6.07, 6.45) is 4.83. The molecule has 25 heavy (non-hydrogen) atoms. The molecule has 1 atom stereocenters. The number of nitrogens with one attached hydrogen (secondary N) is 1. The second kappa shape index (κ2) is 6.09. The molecular formula is C18H18N4O2S. The van der Waals surface area contributed by atoms with Gasteiger partial charge in [0.1, 0.15) is 0 Å². The van der Waals surface area contributed by atoms with Crippen LogP contribution in [-0.2, 0) is 16.4 Å². The van der Waals surface area contributed by atoms with Crippen LogP contribution < -0.4 is 4.72 Å². The Hall–Kier alpha value is -2.51. The molecule has 128 valence electrons. The molecule has 3 aromatic rings. The van der Waals surface area contributed by atoms with Crippen molar-refractivity contribution in [1.82, 2.24) is 19.7 Å². The molecule has 1 N–H and O–H groups in total. The highest BCUT2D eigenvalue weighted by Crippen LogP contribution is 2.32. The fraction of sp³-hybridized carbons (Fsp3) is 0.222. The molecule has 6 nitrogen and oxygen atoms in total. The van der Waals surface area contributed by atoms with E-state index in [2.05, 4.69) is 21.0 Å². The molecular weight excluding hydrogens is 336 g/mol. The summed E-state index contributed by atoms with van der Waals surface area (Å²) >= 11 is 0.